The maximum Gasteiger partial charge on any atom is 0.221 e. The van der Waals surface area contributed by atoms with Gasteiger partial charge in [0.2, 0.25) is 5.91 Å². The lowest BCUT2D eigenvalue weighted by atomic mass is 10.1. The van der Waals surface area contributed by atoms with Gasteiger partial charge >= 0.3 is 0 Å². The molecule has 0 fully saturated rings. The van der Waals surface area contributed by atoms with Crippen LogP contribution < -0.4 is 10.6 Å². The molecule has 100 valence electrons. The van der Waals surface area contributed by atoms with Crippen LogP contribution in [0.1, 0.15) is 38.8 Å². The highest BCUT2D eigenvalue weighted by Gasteiger charge is 2.11. The van der Waals surface area contributed by atoms with Gasteiger partial charge in [-0.1, -0.05) is 48.0 Å². The molecule has 0 unspecified atom stereocenters. The quantitative estimate of drug-likeness (QED) is 0.847. The van der Waals surface area contributed by atoms with Crippen LogP contribution in [0.25, 0.3) is 0 Å². The van der Waals surface area contributed by atoms with Gasteiger partial charge in [0.05, 0.1) is 6.04 Å². The van der Waals surface area contributed by atoms with Crippen molar-refractivity contribution in [3.63, 3.8) is 0 Å². The fourth-order valence-corrected chi connectivity index (χ4v) is 2.32. The molecule has 0 saturated heterocycles. The monoisotopic (exact) mass is 312 g/mol. The average molecular weight is 313 g/mol. The van der Waals surface area contributed by atoms with Gasteiger partial charge < -0.3 is 10.6 Å². The zero-order chi connectivity index (χ0) is 13.5. The van der Waals surface area contributed by atoms with Crippen molar-refractivity contribution in [2.45, 2.75) is 39.3 Å². The summed E-state index contributed by atoms with van der Waals surface area (Å²) in [6, 6.07) is 8.38. The molecular formula is C14H21BrN2O. The maximum atomic E-state index is 11.8. The van der Waals surface area contributed by atoms with E-state index in [1.807, 2.05) is 31.2 Å². The van der Waals surface area contributed by atoms with E-state index in [1.165, 1.54) is 0 Å². The first-order valence-corrected chi connectivity index (χ1v) is 7.07. The normalized spacial score (nSPS) is 12.5. The minimum absolute atomic E-state index is 0.0205. The molecule has 0 aromatic heterocycles. The third-order valence-electron chi connectivity index (χ3n) is 2.65. The van der Waals surface area contributed by atoms with Crippen LogP contribution in [0, 0.1) is 0 Å². The van der Waals surface area contributed by atoms with E-state index < -0.39 is 0 Å². The number of amides is 1. The van der Waals surface area contributed by atoms with E-state index in [2.05, 4.69) is 40.4 Å². The predicted molar refractivity (Wildman–Crippen MR) is 78.5 cm³/mol. The summed E-state index contributed by atoms with van der Waals surface area (Å²) >= 11 is 3.49. The molecule has 1 aromatic carbocycles. The van der Waals surface area contributed by atoms with Crippen LogP contribution in [0.4, 0.5) is 0 Å². The topological polar surface area (TPSA) is 41.1 Å². The lowest BCUT2D eigenvalue weighted by molar-refractivity contribution is -0.121. The number of hydrogen-bond acceptors (Lipinski definition) is 2. The van der Waals surface area contributed by atoms with Crippen molar-refractivity contribution < 1.29 is 4.79 Å². The molecule has 3 nitrogen and oxygen atoms in total. The van der Waals surface area contributed by atoms with E-state index in [0.29, 0.717) is 19.0 Å². The molecule has 1 aromatic rings. The second-order valence-electron chi connectivity index (χ2n) is 4.67. The van der Waals surface area contributed by atoms with Crippen LogP contribution in [0.15, 0.2) is 28.7 Å². The minimum atomic E-state index is 0.0205. The first-order valence-electron chi connectivity index (χ1n) is 6.28. The van der Waals surface area contributed by atoms with Crippen molar-refractivity contribution in [3.05, 3.63) is 34.3 Å². The average Bonchev–Trinajstić information content (AvgIpc) is 2.28. The summed E-state index contributed by atoms with van der Waals surface area (Å²) in [7, 11) is 0. The Labute approximate surface area is 117 Å². The Hall–Kier alpha value is -0.870. The van der Waals surface area contributed by atoms with E-state index in [-0.39, 0.29) is 11.9 Å². The third-order valence-corrected chi connectivity index (χ3v) is 3.38. The highest BCUT2D eigenvalue weighted by atomic mass is 79.9. The van der Waals surface area contributed by atoms with E-state index in [4.69, 9.17) is 0 Å². The summed E-state index contributed by atoms with van der Waals surface area (Å²) in [6.45, 7) is 6.85. The van der Waals surface area contributed by atoms with Crippen LogP contribution in [0.2, 0.25) is 0 Å². The summed E-state index contributed by atoms with van der Waals surface area (Å²) in [6.07, 6.45) is 0.507. The molecule has 18 heavy (non-hydrogen) atoms. The van der Waals surface area contributed by atoms with Gasteiger partial charge in [-0.15, -0.1) is 0 Å². The second kappa shape index (κ2) is 7.54. The Morgan fingerprint density at radius 3 is 2.56 bits per heavy atom. The number of nitrogens with one attached hydrogen (secondary N) is 2. The Bertz CT molecular complexity index is 393. The van der Waals surface area contributed by atoms with Gasteiger partial charge in [0, 0.05) is 23.5 Å². The fraction of sp³-hybridized carbons (Fsp3) is 0.500. The summed E-state index contributed by atoms with van der Waals surface area (Å²) in [5.41, 5.74) is 1.10. The zero-order valence-electron chi connectivity index (χ0n) is 11.2. The molecule has 0 saturated carbocycles. The van der Waals surface area contributed by atoms with Gasteiger partial charge in [0.1, 0.15) is 0 Å². The molecule has 1 atom stereocenters. The second-order valence-corrected chi connectivity index (χ2v) is 5.52. The molecule has 1 amide bonds. The number of hydrogen-bond donors (Lipinski definition) is 2. The fourth-order valence-electron chi connectivity index (χ4n) is 1.69. The zero-order valence-corrected chi connectivity index (χ0v) is 12.8. The summed E-state index contributed by atoms with van der Waals surface area (Å²) in [4.78, 5) is 11.8. The molecule has 0 bridgehead atoms. The predicted octanol–water partition coefficient (Wildman–Crippen LogP) is 3.01. The van der Waals surface area contributed by atoms with Gasteiger partial charge in [0.15, 0.2) is 0 Å². The minimum Gasteiger partial charge on any atom is -0.350 e. The third kappa shape index (κ3) is 5.19. The van der Waals surface area contributed by atoms with E-state index in [1.54, 1.807) is 0 Å². The van der Waals surface area contributed by atoms with Gasteiger partial charge in [-0.05, 0) is 18.6 Å². The van der Waals surface area contributed by atoms with E-state index >= 15 is 0 Å². The van der Waals surface area contributed by atoms with Crippen molar-refractivity contribution in [2.75, 3.05) is 6.54 Å². The lowest BCUT2D eigenvalue weighted by Gasteiger charge is -2.16. The van der Waals surface area contributed by atoms with Crippen LogP contribution in [0.3, 0.4) is 0 Å². The lowest BCUT2D eigenvalue weighted by Crippen LogP contribution is -2.32. The smallest absolute Gasteiger partial charge is 0.221 e. The first kappa shape index (κ1) is 15.2. The number of benzene rings is 1. The summed E-state index contributed by atoms with van der Waals surface area (Å²) in [5.74, 6) is 0.0754. The first-order chi connectivity index (χ1) is 8.50. The molecule has 0 heterocycles. The molecule has 0 aliphatic rings. The number of carbonyl (C=O) groups is 1. The Balaban J connectivity index is 2.42. The highest BCUT2D eigenvalue weighted by molar-refractivity contribution is 9.10. The maximum absolute atomic E-state index is 11.8. The molecule has 2 N–H and O–H groups in total. The van der Waals surface area contributed by atoms with Gasteiger partial charge in [-0.25, -0.2) is 0 Å². The number of rotatable bonds is 6. The van der Waals surface area contributed by atoms with Gasteiger partial charge in [-0.3, -0.25) is 4.79 Å². The van der Waals surface area contributed by atoms with E-state index in [9.17, 15) is 4.79 Å². The van der Waals surface area contributed by atoms with Crippen molar-refractivity contribution in [2.24, 2.45) is 0 Å². The van der Waals surface area contributed by atoms with E-state index in [0.717, 1.165) is 10.0 Å². The Kier molecular flexibility index (Phi) is 6.36. The van der Waals surface area contributed by atoms with Crippen molar-refractivity contribution in [1.29, 1.82) is 0 Å². The van der Waals surface area contributed by atoms with Crippen molar-refractivity contribution in [3.8, 4) is 0 Å². The molecule has 0 aliphatic heterocycles. The van der Waals surface area contributed by atoms with Gasteiger partial charge in [0.25, 0.3) is 0 Å². The molecule has 0 aliphatic carbocycles. The molecular weight excluding hydrogens is 292 g/mol. The largest absolute Gasteiger partial charge is 0.350 e. The Morgan fingerprint density at radius 1 is 1.28 bits per heavy atom. The molecule has 0 spiro atoms. The molecule has 0 radical (unpaired) electrons. The van der Waals surface area contributed by atoms with Crippen LogP contribution in [-0.4, -0.2) is 18.5 Å². The molecule has 1 rings (SSSR count). The summed E-state index contributed by atoms with van der Waals surface area (Å²) in [5, 5.41) is 6.23. The number of carbonyl (C=O) groups excluding carboxylic acids is 1. The van der Waals surface area contributed by atoms with Crippen LogP contribution >= 0.6 is 15.9 Å². The standard InChI is InChI=1S/C14H21BrN2O/c1-10(2)16-9-8-14(18)17-11(3)12-6-4-5-7-13(12)15/h4-7,10-11,16H,8-9H2,1-3H3,(H,17,18)/t11-/m1/s1. The van der Waals surface area contributed by atoms with Crippen molar-refractivity contribution in [1.82, 2.24) is 10.6 Å². The van der Waals surface area contributed by atoms with Crippen LogP contribution in [-0.2, 0) is 4.79 Å². The van der Waals surface area contributed by atoms with Crippen molar-refractivity contribution >= 4 is 21.8 Å². The summed E-state index contributed by atoms with van der Waals surface area (Å²) < 4.78 is 1.03. The highest BCUT2D eigenvalue weighted by Crippen LogP contribution is 2.22. The number of halogens is 1. The molecule has 4 heteroatoms. The van der Waals surface area contributed by atoms with Crippen LogP contribution in [0.5, 0.6) is 0 Å². The Morgan fingerprint density at radius 2 is 1.94 bits per heavy atom. The SMILES string of the molecule is CC(C)NCCC(=O)N[C@H](C)c1ccccc1Br. The van der Waals surface area contributed by atoms with Gasteiger partial charge in [-0.2, -0.15) is 0 Å².